The molecule has 1 aliphatic rings. The molecule has 3 heteroatoms. The summed E-state index contributed by atoms with van der Waals surface area (Å²) in [5, 5.41) is 0.573. The Hall–Kier alpha value is -0.600. The minimum absolute atomic E-state index is 0.336. The first-order valence-electron chi connectivity index (χ1n) is 4.06. The molecule has 2 nitrogen and oxygen atoms in total. The van der Waals surface area contributed by atoms with Crippen LogP contribution in [0.3, 0.4) is 0 Å². The summed E-state index contributed by atoms with van der Waals surface area (Å²) in [5.74, 6) is 0.518. The quantitative estimate of drug-likeness (QED) is 0.674. The fourth-order valence-corrected chi connectivity index (χ4v) is 1.72. The highest BCUT2D eigenvalue weighted by Crippen LogP contribution is 2.39. The van der Waals surface area contributed by atoms with Crippen molar-refractivity contribution in [1.29, 1.82) is 0 Å². The summed E-state index contributed by atoms with van der Waals surface area (Å²) < 4.78 is 0. The predicted octanol–water partition coefficient (Wildman–Crippen LogP) is 1.86. The van der Waals surface area contributed by atoms with Crippen molar-refractivity contribution in [3.63, 3.8) is 0 Å². The molecule has 1 aromatic heterocycles. The average molecular weight is 183 g/mol. The highest BCUT2D eigenvalue weighted by atomic mass is 35.5. The van der Waals surface area contributed by atoms with Gasteiger partial charge >= 0.3 is 0 Å². The average Bonchev–Trinajstić information content (AvgIpc) is 2.64. The van der Waals surface area contributed by atoms with E-state index < -0.39 is 0 Å². The maximum absolute atomic E-state index is 5.82. The zero-order valence-corrected chi connectivity index (χ0v) is 7.67. The Kier molecular flexibility index (Phi) is 1.81. The molecule has 1 aromatic rings. The SMILES string of the molecule is Cc1cc(C2CC2N)cc(Cl)n1. The van der Waals surface area contributed by atoms with Gasteiger partial charge in [-0.2, -0.15) is 0 Å². The Balaban J connectivity index is 2.32. The molecule has 64 valence electrons. The van der Waals surface area contributed by atoms with Crippen molar-refractivity contribution in [2.45, 2.75) is 25.3 Å². The molecule has 2 rings (SSSR count). The van der Waals surface area contributed by atoms with Crippen molar-refractivity contribution in [2.75, 3.05) is 0 Å². The van der Waals surface area contributed by atoms with Crippen LogP contribution in [0.15, 0.2) is 12.1 Å². The van der Waals surface area contributed by atoms with Crippen molar-refractivity contribution in [1.82, 2.24) is 4.98 Å². The van der Waals surface area contributed by atoms with E-state index in [0.717, 1.165) is 12.1 Å². The van der Waals surface area contributed by atoms with Crippen LogP contribution in [-0.4, -0.2) is 11.0 Å². The van der Waals surface area contributed by atoms with Crippen LogP contribution in [0.2, 0.25) is 5.15 Å². The summed E-state index contributed by atoms with van der Waals surface area (Å²) in [4.78, 5) is 4.09. The van der Waals surface area contributed by atoms with Gasteiger partial charge in [-0.3, -0.25) is 0 Å². The molecule has 12 heavy (non-hydrogen) atoms. The predicted molar refractivity (Wildman–Crippen MR) is 49.3 cm³/mol. The number of hydrogen-bond acceptors (Lipinski definition) is 2. The minimum atomic E-state index is 0.336. The van der Waals surface area contributed by atoms with Gasteiger partial charge < -0.3 is 5.73 Å². The van der Waals surface area contributed by atoms with Gasteiger partial charge in [0.15, 0.2) is 0 Å². The second-order valence-electron chi connectivity index (χ2n) is 3.37. The van der Waals surface area contributed by atoms with E-state index in [1.54, 1.807) is 0 Å². The first-order valence-corrected chi connectivity index (χ1v) is 4.44. The minimum Gasteiger partial charge on any atom is -0.327 e. The molecule has 0 aromatic carbocycles. The summed E-state index contributed by atoms with van der Waals surface area (Å²) in [6, 6.07) is 4.30. The number of nitrogens with two attached hydrogens (primary N) is 1. The molecule has 2 N–H and O–H groups in total. The first kappa shape index (κ1) is 8.02. The molecular formula is C9H11ClN2. The zero-order valence-electron chi connectivity index (χ0n) is 6.92. The molecule has 0 saturated heterocycles. The Morgan fingerprint density at radius 1 is 1.58 bits per heavy atom. The topological polar surface area (TPSA) is 38.9 Å². The van der Waals surface area contributed by atoms with Crippen molar-refractivity contribution >= 4 is 11.6 Å². The van der Waals surface area contributed by atoms with Gasteiger partial charge in [-0.15, -0.1) is 0 Å². The standard InChI is InChI=1S/C9H11ClN2/c1-5-2-6(3-9(10)12-5)7-4-8(7)11/h2-3,7-8H,4,11H2,1H3. The first-order chi connectivity index (χ1) is 5.66. The van der Waals surface area contributed by atoms with Crippen molar-refractivity contribution in [2.24, 2.45) is 5.73 Å². The lowest BCUT2D eigenvalue weighted by molar-refractivity contribution is 0.980. The smallest absolute Gasteiger partial charge is 0.129 e. The highest BCUT2D eigenvalue weighted by molar-refractivity contribution is 6.29. The largest absolute Gasteiger partial charge is 0.327 e. The molecule has 2 unspecified atom stereocenters. The molecule has 2 atom stereocenters. The fourth-order valence-electron chi connectivity index (χ4n) is 1.47. The molecule has 0 bridgehead atoms. The van der Waals surface area contributed by atoms with Crippen molar-refractivity contribution in [3.8, 4) is 0 Å². The van der Waals surface area contributed by atoms with E-state index in [1.807, 2.05) is 13.0 Å². The van der Waals surface area contributed by atoms with Gasteiger partial charge in [0, 0.05) is 17.7 Å². The third-order valence-corrected chi connectivity index (χ3v) is 2.41. The lowest BCUT2D eigenvalue weighted by Crippen LogP contribution is -2.01. The van der Waals surface area contributed by atoms with Crippen LogP contribution in [0.25, 0.3) is 0 Å². The third-order valence-electron chi connectivity index (χ3n) is 2.21. The molecule has 1 aliphatic carbocycles. The number of aryl methyl sites for hydroxylation is 1. The second kappa shape index (κ2) is 2.71. The molecule has 0 amide bonds. The van der Waals surface area contributed by atoms with Crippen LogP contribution in [0.1, 0.15) is 23.6 Å². The normalized spacial score (nSPS) is 27.2. The summed E-state index contributed by atoms with van der Waals surface area (Å²) in [7, 11) is 0. The van der Waals surface area contributed by atoms with Gasteiger partial charge in [0.25, 0.3) is 0 Å². The summed E-state index contributed by atoms with van der Waals surface area (Å²) >= 11 is 5.82. The molecule has 0 aliphatic heterocycles. The molecule has 1 fully saturated rings. The summed E-state index contributed by atoms with van der Waals surface area (Å²) in [6.07, 6.45) is 1.08. The number of pyridine rings is 1. The lowest BCUT2D eigenvalue weighted by Gasteiger charge is -2.00. The van der Waals surface area contributed by atoms with Crippen LogP contribution in [0, 0.1) is 6.92 Å². The van der Waals surface area contributed by atoms with Gasteiger partial charge in [0.1, 0.15) is 5.15 Å². The number of aromatic nitrogens is 1. The van der Waals surface area contributed by atoms with E-state index in [2.05, 4.69) is 11.1 Å². The number of hydrogen-bond donors (Lipinski definition) is 1. The van der Waals surface area contributed by atoms with Gasteiger partial charge in [-0.1, -0.05) is 11.6 Å². The van der Waals surface area contributed by atoms with E-state index in [-0.39, 0.29) is 0 Å². The Morgan fingerprint density at radius 3 is 2.75 bits per heavy atom. The molecule has 1 heterocycles. The Morgan fingerprint density at radius 2 is 2.25 bits per heavy atom. The van der Waals surface area contributed by atoms with Crippen molar-refractivity contribution in [3.05, 3.63) is 28.5 Å². The second-order valence-corrected chi connectivity index (χ2v) is 3.76. The van der Waals surface area contributed by atoms with Gasteiger partial charge in [0.05, 0.1) is 0 Å². The number of halogens is 1. The van der Waals surface area contributed by atoms with E-state index in [0.29, 0.717) is 17.1 Å². The lowest BCUT2D eigenvalue weighted by atomic mass is 10.1. The zero-order chi connectivity index (χ0) is 8.72. The van der Waals surface area contributed by atoms with E-state index in [9.17, 15) is 0 Å². The van der Waals surface area contributed by atoms with E-state index in [1.165, 1.54) is 5.56 Å². The maximum atomic E-state index is 5.82. The van der Waals surface area contributed by atoms with Crippen LogP contribution in [0.4, 0.5) is 0 Å². The third kappa shape index (κ3) is 1.45. The highest BCUT2D eigenvalue weighted by Gasteiger charge is 2.35. The Labute approximate surface area is 76.7 Å². The van der Waals surface area contributed by atoms with E-state index >= 15 is 0 Å². The molecular weight excluding hydrogens is 172 g/mol. The van der Waals surface area contributed by atoms with Gasteiger partial charge in [0.2, 0.25) is 0 Å². The maximum Gasteiger partial charge on any atom is 0.129 e. The molecule has 1 saturated carbocycles. The van der Waals surface area contributed by atoms with Gasteiger partial charge in [-0.25, -0.2) is 4.98 Å². The van der Waals surface area contributed by atoms with Crippen LogP contribution < -0.4 is 5.73 Å². The summed E-state index contributed by atoms with van der Waals surface area (Å²) in [6.45, 7) is 1.95. The van der Waals surface area contributed by atoms with Crippen molar-refractivity contribution < 1.29 is 0 Å². The van der Waals surface area contributed by atoms with Crippen LogP contribution >= 0.6 is 11.6 Å². The summed E-state index contributed by atoms with van der Waals surface area (Å²) in [5.41, 5.74) is 7.94. The van der Waals surface area contributed by atoms with Crippen LogP contribution in [-0.2, 0) is 0 Å². The van der Waals surface area contributed by atoms with Crippen LogP contribution in [0.5, 0.6) is 0 Å². The molecule has 0 radical (unpaired) electrons. The van der Waals surface area contributed by atoms with Gasteiger partial charge in [-0.05, 0) is 31.0 Å². The molecule has 0 spiro atoms. The fraction of sp³-hybridized carbons (Fsp3) is 0.444. The number of nitrogens with zero attached hydrogens (tertiary/aromatic N) is 1. The van der Waals surface area contributed by atoms with E-state index in [4.69, 9.17) is 17.3 Å². The monoisotopic (exact) mass is 182 g/mol. The number of rotatable bonds is 1. The Bertz CT molecular complexity index is 291.